The number of hydrogen-bond donors (Lipinski definition) is 2. The minimum Gasteiger partial charge on any atom is -0.507 e. The summed E-state index contributed by atoms with van der Waals surface area (Å²) in [5.41, 5.74) is 2.21. The number of aromatic hydroxyl groups is 1. The van der Waals surface area contributed by atoms with Gasteiger partial charge in [-0.3, -0.25) is 4.79 Å². The van der Waals surface area contributed by atoms with Crippen molar-refractivity contribution in [3.8, 4) is 16.9 Å². The van der Waals surface area contributed by atoms with Gasteiger partial charge in [0.15, 0.2) is 0 Å². The first-order chi connectivity index (χ1) is 8.16. The van der Waals surface area contributed by atoms with Crippen LogP contribution >= 0.6 is 0 Å². The fourth-order valence-electron chi connectivity index (χ4n) is 1.72. The highest BCUT2D eigenvalue weighted by Gasteiger charge is 2.06. The zero-order valence-electron chi connectivity index (χ0n) is 9.13. The summed E-state index contributed by atoms with van der Waals surface area (Å²) in [6.07, 6.45) is -0.0807. The van der Waals surface area contributed by atoms with E-state index in [-0.39, 0.29) is 12.2 Å². The summed E-state index contributed by atoms with van der Waals surface area (Å²) in [7, 11) is 0. The van der Waals surface area contributed by atoms with E-state index in [1.807, 2.05) is 30.3 Å². The topological polar surface area (TPSA) is 57.5 Å². The summed E-state index contributed by atoms with van der Waals surface area (Å²) in [5.74, 6) is -0.799. The maximum atomic E-state index is 10.6. The Hall–Kier alpha value is -2.29. The van der Waals surface area contributed by atoms with E-state index in [9.17, 15) is 9.90 Å². The molecule has 0 atom stereocenters. The molecule has 0 fully saturated rings. The van der Waals surface area contributed by atoms with Crippen molar-refractivity contribution in [1.82, 2.24) is 0 Å². The average molecular weight is 228 g/mol. The van der Waals surface area contributed by atoms with Crippen LogP contribution < -0.4 is 0 Å². The third-order valence-corrected chi connectivity index (χ3v) is 2.50. The van der Waals surface area contributed by atoms with Crippen LogP contribution in [0, 0.1) is 0 Å². The monoisotopic (exact) mass is 228 g/mol. The van der Waals surface area contributed by atoms with Crippen molar-refractivity contribution >= 4 is 5.97 Å². The Kier molecular flexibility index (Phi) is 3.10. The second-order valence-electron chi connectivity index (χ2n) is 3.79. The molecule has 0 bridgehead atoms. The van der Waals surface area contributed by atoms with Gasteiger partial charge in [0.05, 0.1) is 6.42 Å². The number of hydrogen-bond acceptors (Lipinski definition) is 2. The van der Waals surface area contributed by atoms with Crippen LogP contribution in [-0.4, -0.2) is 16.2 Å². The molecule has 2 rings (SSSR count). The average Bonchev–Trinajstić information content (AvgIpc) is 2.29. The molecule has 0 aliphatic carbocycles. The fourth-order valence-corrected chi connectivity index (χ4v) is 1.72. The molecule has 3 nitrogen and oxygen atoms in total. The Labute approximate surface area is 99.0 Å². The molecule has 0 aliphatic rings. The number of aliphatic carboxylic acids is 1. The minimum absolute atomic E-state index is 0.0807. The maximum absolute atomic E-state index is 10.6. The van der Waals surface area contributed by atoms with Gasteiger partial charge in [-0.25, -0.2) is 0 Å². The molecular weight excluding hydrogens is 216 g/mol. The molecule has 0 unspecified atom stereocenters. The lowest BCUT2D eigenvalue weighted by Gasteiger charge is -2.06. The van der Waals surface area contributed by atoms with E-state index >= 15 is 0 Å². The van der Waals surface area contributed by atoms with Crippen molar-refractivity contribution in [2.45, 2.75) is 6.42 Å². The molecule has 0 saturated heterocycles. The maximum Gasteiger partial charge on any atom is 0.307 e. The molecule has 17 heavy (non-hydrogen) atoms. The summed E-state index contributed by atoms with van der Waals surface area (Å²) >= 11 is 0. The Morgan fingerprint density at radius 1 is 1.06 bits per heavy atom. The van der Waals surface area contributed by atoms with E-state index in [1.54, 1.807) is 12.1 Å². The van der Waals surface area contributed by atoms with Gasteiger partial charge in [0.2, 0.25) is 0 Å². The number of carboxylic acids is 1. The van der Waals surface area contributed by atoms with Gasteiger partial charge in [-0.2, -0.15) is 0 Å². The molecule has 0 radical (unpaired) electrons. The van der Waals surface area contributed by atoms with Crippen LogP contribution in [0.25, 0.3) is 11.1 Å². The van der Waals surface area contributed by atoms with Crippen molar-refractivity contribution in [3.63, 3.8) is 0 Å². The van der Waals surface area contributed by atoms with Crippen LogP contribution in [0.5, 0.6) is 5.75 Å². The Balaban J connectivity index is 2.35. The number of carboxylic acid groups (broad SMARTS) is 1. The van der Waals surface area contributed by atoms with Crippen LogP contribution in [0.2, 0.25) is 0 Å². The smallest absolute Gasteiger partial charge is 0.307 e. The normalized spacial score (nSPS) is 10.1. The molecule has 3 heteroatoms. The molecule has 2 N–H and O–H groups in total. The second kappa shape index (κ2) is 4.70. The summed E-state index contributed by atoms with van der Waals surface area (Å²) in [4.78, 5) is 10.6. The van der Waals surface area contributed by atoms with Crippen molar-refractivity contribution in [2.75, 3.05) is 0 Å². The van der Waals surface area contributed by atoms with Crippen molar-refractivity contribution in [2.24, 2.45) is 0 Å². The van der Waals surface area contributed by atoms with E-state index < -0.39 is 5.97 Å². The molecule has 0 aromatic heterocycles. The zero-order valence-corrected chi connectivity index (χ0v) is 9.13. The second-order valence-corrected chi connectivity index (χ2v) is 3.79. The lowest BCUT2D eigenvalue weighted by molar-refractivity contribution is -0.136. The quantitative estimate of drug-likeness (QED) is 0.849. The highest BCUT2D eigenvalue weighted by molar-refractivity contribution is 5.74. The van der Waals surface area contributed by atoms with Gasteiger partial charge in [0, 0.05) is 5.56 Å². The molecule has 0 heterocycles. The molecule has 0 saturated carbocycles. The fraction of sp³-hybridized carbons (Fsp3) is 0.0714. The molecule has 0 spiro atoms. The van der Waals surface area contributed by atoms with Gasteiger partial charge in [-0.15, -0.1) is 0 Å². The standard InChI is InChI=1S/C14H12O3/c15-13-8-10(9-14(16)17)6-7-12(13)11-4-2-1-3-5-11/h1-8,15H,9H2,(H,16,17). The van der Waals surface area contributed by atoms with Gasteiger partial charge < -0.3 is 10.2 Å². The lowest BCUT2D eigenvalue weighted by Crippen LogP contribution is -1.99. The van der Waals surface area contributed by atoms with Crippen LogP contribution in [0.15, 0.2) is 48.5 Å². The first kappa shape index (κ1) is 11.2. The SMILES string of the molecule is O=C(O)Cc1ccc(-c2ccccc2)c(O)c1. The van der Waals surface area contributed by atoms with Gasteiger partial charge in [0.25, 0.3) is 0 Å². The van der Waals surface area contributed by atoms with E-state index in [0.29, 0.717) is 11.1 Å². The molecule has 0 amide bonds. The van der Waals surface area contributed by atoms with Crippen LogP contribution in [0.3, 0.4) is 0 Å². The summed E-state index contributed by atoms with van der Waals surface area (Å²) in [6, 6.07) is 14.4. The van der Waals surface area contributed by atoms with Gasteiger partial charge >= 0.3 is 5.97 Å². The number of benzene rings is 2. The zero-order chi connectivity index (χ0) is 12.3. The lowest BCUT2D eigenvalue weighted by atomic mass is 10.0. The van der Waals surface area contributed by atoms with Crippen LogP contribution in [0.4, 0.5) is 0 Å². The van der Waals surface area contributed by atoms with Crippen LogP contribution in [-0.2, 0) is 11.2 Å². The van der Waals surface area contributed by atoms with Crippen molar-refractivity contribution in [1.29, 1.82) is 0 Å². The Morgan fingerprint density at radius 2 is 1.76 bits per heavy atom. The summed E-state index contributed by atoms with van der Waals surface area (Å²) in [6.45, 7) is 0. The van der Waals surface area contributed by atoms with E-state index in [0.717, 1.165) is 5.56 Å². The van der Waals surface area contributed by atoms with E-state index in [4.69, 9.17) is 5.11 Å². The highest BCUT2D eigenvalue weighted by atomic mass is 16.4. The Morgan fingerprint density at radius 3 is 2.35 bits per heavy atom. The first-order valence-corrected chi connectivity index (χ1v) is 5.26. The summed E-state index contributed by atoms with van der Waals surface area (Å²) < 4.78 is 0. The third-order valence-electron chi connectivity index (χ3n) is 2.50. The van der Waals surface area contributed by atoms with E-state index in [1.165, 1.54) is 6.07 Å². The molecular formula is C14H12O3. The molecule has 2 aromatic carbocycles. The summed E-state index contributed by atoms with van der Waals surface area (Å²) in [5, 5.41) is 18.5. The number of phenols is 1. The minimum atomic E-state index is -0.906. The highest BCUT2D eigenvalue weighted by Crippen LogP contribution is 2.29. The van der Waals surface area contributed by atoms with E-state index in [2.05, 4.69) is 0 Å². The largest absolute Gasteiger partial charge is 0.507 e. The van der Waals surface area contributed by atoms with Gasteiger partial charge in [-0.1, -0.05) is 42.5 Å². The predicted octanol–water partition coefficient (Wildman–Crippen LogP) is 2.69. The van der Waals surface area contributed by atoms with Crippen molar-refractivity contribution < 1.29 is 15.0 Å². The van der Waals surface area contributed by atoms with Crippen LogP contribution in [0.1, 0.15) is 5.56 Å². The molecule has 0 aliphatic heterocycles. The van der Waals surface area contributed by atoms with Crippen molar-refractivity contribution in [3.05, 3.63) is 54.1 Å². The van der Waals surface area contributed by atoms with Gasteiger partial charge in [0.1, 0.15) is 5.75 Å². The number of rotatable bonds is 3. The molecule has 2 aromatic rings. The number of phenolic OH excluding ortho intramolecular Hbond substituents is 1. The Bertz CT molecular complexity index is 532. The molecule has 86 valence electrons. The predicted molar refractivity (Wildman–Crippen MR) is 64.9 cm³/mol. The third kappa shape index (κ3) is 2.64. The van der Waals surface area contributed by atoms with Gasteiger partial charge in [-0.05, 0) is 17.2 Å². The first-order valence-electron chi connectivity index (χ1n) is 5.26. The number of carbonyl (C=O) groups is 1.